The maximum Gasteiger partial charge on any atom is 0.278 e. The molecule has 148 valence electrons. The number of benzene rings is 2. The van der Waals surface area contributed by atoms with E-state index >= 15 is 0 Å². The lowest BCUT2D eigenvalue weighted by atomic mass is 9.98. The molecule has 2 aromatic heterocycles. The molecule has 0 saturated carbocycles. The van der Waals surface area contributed by atoms with E-state index in [1.54, 1.807) is 32.6 Å². The molecule has 2 aromatic carbocycles. The zero-order chi connectivity index (χ0) is 20.7. The second-order valence-corrected chi connectivity index (χ2v) is 8.87. The molecule has 2 heterocycles. The van der Waals surface area contributed by atoms with Crippen molar-refractivity contribution in [3.63, 3.8) is 0 Å². The highest BCUT2D eigenvalue weighted by Gasteiger charge is 2.25. The molecule has 0 aliphatic rings. The van der Waals surface area contributed by atoms with Gasteiger partial charge in [-0.15, -0.1) is 11.3 Å². The molecule has 0 N–H and O–H groups in total. The number of aromatic nitrogens is 2. The van der Waals surface area contributed by atoms with Crippen LogP contribution in [0.1, 0.15) is 5.69 Å². The van der Waals surface area contributed by atoms with Crippen molar-refractivity contribution in [3.8, 4) is 33.1 Å². The van der Waals surface area contributed by atoms with Crippen molar-refractivity contribution in [2.75, 3.05) is 14.2 Å². The predicted molar refractivity (Wildman–Crippen MR) is 126 cm³/mol. The molecule has 0 bridgehead atoms. The van der Waals surface area contributed by atoms with Crippen LogP contribution in [0.3, 0.4) is 0 Å². The van der Waals surface area contributed by atoms with Crippen molar-refractivity contribution in [1.82, 2.24) is 9.78 Å². The predicted octanol–water partition coefficient (Wildman–Crippen LogP) is 5.26. The van der Waals surface area contributed by atoms with Crippen LogP contribution in [0.2, 0.25) is 0 Å². The van der Waals surface area contributed by atoms with Crippen LogP contribution in [-0.4, -0.2) is 24.0 Å². The number of thiophene rings is 1. The fourth-order valence-electron chi connectivity index (χ4n) is 3.57. The number of hydrogen-bond donors (Lipinski definition) is 0. The fraction of sp³-hybridized carbons (Fsp3) is 0.182. The molecule has 0 saturated heterocycles. The molecule has 0 aliphatic heterocycles. The number of rotatable bonds is 4. The zero-order valence-corrected chi connectivity index (χ0v) is 19.4. The summed E-state index contributed by atoms with van der Waals surface area (Å²) < 4.78 is 14.8. The Morgan fingerprint density at radius 3 is 2.55 bits per heavy atom. The van der Waals surface area contributed by atoms with Crippen LogP contribution < -0.4 is 15.0 Å². The van der Waals surface area contributed by atoms with Crippen molar-refractivity contribution in [1.29, 1.82) is 0 Å². The molecular formula is C22H19IN2O3S. The summed E-state index contributed by atoms with van der Waals surface area (Å²) in [6.45, 7) is 1.85. The lowest BCUT2D eigenvalue weighted by Crippen LogP contribution is -2.23. The molecule has 5 nitrogen and oxygen atoms in total. The van der Waals surface area contributed by atoms with Gasteiger partial charge in [0.15, 0.2) is 5.75 Å². The van der Waals surface area contributed by atoms with Crippen molar-refractivity contribution in [2.45, 2.75) is 6.92 Å². The van der Waals surface area contributed by atoms with Gasteiger partial charge >= 0.3 is 0 Å². The van der Waals surface area contributed by atoms with Gasteiger partial charge in [-0.2, -0.15) is 5.10 Å². The maximum absolute atomic E-state index is 13.3. The van der Waals surface area contributed by atoms with Crippen LogP contribution in [0.5, 0.6) is 11.5 Å². The average molecular weight is 518 g/mol. The van der Waals surface area contributed by atoms with E-state index in [0.717, 1.165) is 35.4 Å². The Hall–Kier alpha value is -2.39. The second kappa shape index (κ2) is 7.79. The molecule has 0 aliphatic carbocycles. The number of halogens is 1. The monoisotopic (exact) mass is 518 g/mol. The largest absolute Gasteiger partial charge is 0.496 e. The third kappa shape index (κ3) is 3.32. The third-order valence-corrected chi connectivity index (χ3v) is 6.69. The van der Waals surface area contributed by atoms with E-state index in [9.17, 15) is 4.79 Å². The van der Waals surface area contributed by atoms with E-state index in [-0.39, 0.29) is 5.56 Å². The van der Waals surface area contributed by atoms with Crippen LogP contribution >= 0.6 is 33.9 Å². The third-order valence-electron chi connectivity index (χ3n) is 4.82. The van der Waals surface area contributed by atoms with E-state index < -0.39 is 0 Å². The zero-order valence-electron chi connectivity index (χ0n) is 16.4. The van der Waals surface area contributed by atoms with Crippen molar-refractivity contribution in [3.05, 3.63) is 62.1 Å². The fourth-order valence-corrected chi connectivity index (χ4v) is 5.28. The number of fused-ring (bicyclic) bond motifs is 1. The van der Waals surface area contributed by atoms with Gasteiger partial charge in [-0.3, -0.25) is 4.79 Å². The quantitative estimate of drug-likeness (QED) is 0.346. The van der Waals surface area contributed by atoms with E-state index in [1.165, 1.54) is 4.68 Å². The summed E-state index contributed by atoms with van der Waals surface area (Å²) >= 11 is 3.94. The number of methoxy groups -OCH3 is 2. The summed E-state index contributed by atoms with van der Waals surface area (Å²) in [6.07, 6.45) is 0. The second-order valence-electron chi connectivity index (χ2n) is 6.57. The minimum atomic E-state index is -0.192. The summed E-state index contributed by atoms with van der Waals surface area (Å²) in [4.78, 5) is 14.2. The topological polar surface area (TPSA) is 53.4 Å². The number of aryl methyl sites for hydroxylation is 2. The summed E-state index contributed by atoms with van der Waals surface area (Å²) in [5, 5.41) is 5.32. The molecule has 4 aromatic rings. The number of hydrogen-bond acceptors (Lipinski definition) is 5. The Balaban J connectivity index is 2.21. The highest BCUT2D eigenvalue weighted by molar-refractivity contribution is 14.1. The molecule has 0 amide bonds. The first kappa shape index (κ1) is 19.9. The van der Waals surface area contributed by atoms with E-state index in [2.05, 4.69) is 45.9 Å². The first-order valence-electron chi connectivity index (χ1n) is 8.94. The van der Waals surface area contributed by atoms with Crippen LogP contribution in [-0.2, 0) is 7.05 Å². The molecule has 7 heteroatoms. The SMILES string of the molecule is COc1ccccc1-c1sc2ccc(I)cc2c1-c1c(OC)c(C)nn(C)c1=O. The van der Waals surface area contributed by atoms with Crippen molar-refractivity contribution < 1.29 is 9.47 Å². The van der Waals surface area contributed by atoms with Gasteiger partial charge < -0.3 is 9.47 Å². The summed E-state index contributed by atoms with van der Waals surface area (Å²) in [5.74, 6) is 1.26. The Labute approximate surface area is 186 Å². The maximum atomic E-state index is 13.3. The molecular weight excluding hydrogens is 499 g/mol. The molecule has 0 spiro atoms. The molecule has 0 radical (unpaired) electrons. The van der Waals surface area contributed by atoms with Gasteiger partial charge in [0.1, 0.15) is 11.4 Å². The number of para-hydroxylation sites is 1. The van der Waals surface area contributed by atoms with E-state index in [0.29, 0.717) is 17.0 Å². The van der Waals surface area contributed by atoms with Gasteiger partial charge in [0.2, 0.25) is 0 Å². The summed E-state index contributed by atoms with van der Waals surface area (Å²) in [6, 6.07) is 14.1. The van der Waals surface area contributed by atoms with Crippen LogP contribution in [0, 0.1) is 10.5 Å². The standard InChI is InChI=1S/C22H19IN2O3S/c1-12-20(28-4)19(22(26)25(2)24-12)18-15-11-13(23)9-10-17(15)29-21(18)14-7-5-6-8-16(14)27-3/h5-11H,1-4H3. The van der Waals surface area contributed by atoms with Gasteiger partial charge in [0.25, 0.3) is 5.56 Å². The van der Waals surface area contributed by atoms with Gasteiger partial charge in [-0.05, 0) is 59.8 Å². The summed E-state index contributed by atoms with van der Waals surface area (Å²) in [5.41, 5.74) is 2.80. The van der Waals surface area contributed by atoms with Gasteiger partial charge in [0.05, 0.1) is 19.8 Å². The Morgan fingerprint density at radius 1 is 1.07 bits per heavy atom. The minimum Gasteiger partial charge on any atom is -0.496 e. The lowest BCUT2D eigenvalue weighted by molar-refractivity contribution is 0.405. The van der Waals surface area contributed by atoms with Crippen LogP contribution in [0.25, 0.3) is 31.7 Å². The van der Waals surface area contributed by atoms with E-state index in [4.69, 9.17) is 9.47 Å². The average Bonchev–Trinajstić information content (AvgIpc) is 3.08. The minimum absolute atomic E-state index is 0.192. The van der Waals surface area contributed by atoms with Crippen molar-refractivity contribution >= 4 is 44.0 Å². The molecule has 0 unspecified atom stereocenters. The van der Waals surface area contributed by atoms with Crippen LogP contribution in [0.15, 0.2) is 47.3 Å². The first-order chi connectivity index (χ1) is 14.0. The number of nitrogens with zero attached hydrogens (tertiary/aromatic N) is 2. The van der Waals surface area contributed by atoms with Crippen molar-refractivity contribution in [2.24, 2.45) is 7.05 Å². The molecule has 29 heavy (non-hydrogen) atoms. The molecule has 0 fully saturated rings. The molecule has 4 rings (SSSR count). The van der Waals surface area contributed by atoms with Gasteiger partial charge in [-0.1, -0.05) is 12.1 Å². The Morgan fingerprint density at radius 2 is 1.83 bits per heavy atom. The Kier molecular flexibility index (Phi) is 5.35. The number of ether oxygens (including phenoxy) is 2. The highest BCUT2D eigenvalue weighted by atomic mass is 127. The van der Waals surface area contributed by atoms with E-state index in [1.807, 2.05) is 31.2 Å². The van der Waals surface area contributed by atoms with Gasteiger partial charge in [0, 0.05) is 36.7 Å². The lowest BCUT2D eigenvalue weighted by Gasteiger charge is -2.14. The summed E-state index contributed by atoms with van der Waals surface area (Å²) in [7, 11) is 4.90. The van der Waals surface area contributed by atoms with Gasteiger partial charge in [-0.25, -0.2) is 4.68 Å². The molecule has 0 atom stereocenters. The van der Waals surface area contributed by atoms with Crippen LogP contribution in [0.4, 0.5) is 0 Å². The normalized spacial score (nSPS) is 11.1. The first-order valence-corrected chi connectivity index (χ1v) is 10.8. The Bertz CT molecular complexity index is 1290. The highest BCUT2D eigenvalue weighted by Crippen LogP contribution is 2.48. The smallest absolute Gasteiger partial charge is 0.278 e.